The molecule has 0 saturated heterocycles. The highest BCUT2D eigenvalue weighted by molar-refractivity contribution is 7.98. The Kier molecular flexibility index (Phi) is 5.51. The summed E-state index contributed by atoms with van der Waals surface area (Å²) in [6.45, 7) is 2.37. The number of likely N-dealkylation sites (N-methyl/N-ethyl adjacent to an activating group) is 1. The summed E-state index contributed by atoms with van der Waals surface area (Å²) in [6, 6.07) is 8.23. The maximum atomic E-state index is 11.8. The third-order valence-electron chi connectivity index (χ3n) is 2.66. The number of ether oxygens (including phenoxy) is 1. The molecule has 94 valence electrons. The van der Waals surface area contributed by atoms with E-state index >= 15 is 0 Å². The third kappa shape index (κ3) is 4.06. The molecule has 0 N–H and O–H groups in total. The summed E-state index contributed by atoms with van der Waals surface area (Å²) in [6.07, 6.45) is 1.66. The minimum atomic E-state index is -0.384. The predicted octanol–water partition coefficient (Wildman–Crippen LogP) is 2.40. The van der Waals surface area contributed by atoms with Gasteiger partial charge in [0.25, 0.3) is 5.91 Å². The van der Waals surface area contributed by atoms with Crippen LogP contribution < -0.4 is 0 Å². The lowest BCUT2D eigenvalue weighted by Gasteiger charge is -2.20. The molecular weight excluding hydrogens is 234 g/mol. The van der Waals surface area contributed by atoms with E-state index in [1.54, 1.807) is 37.7 Å². The van der Waals surface area contributed by atoms with E-state index in [0.29, 0.717) is 6.54 Å². The molecule has 1 aromatic rings. The largest absolute Gasteiger partial charge is 0.372 e. The van der Waals surface area contributed by atoms with Crippen LogP contribution >= 0.6 is 11.8 Å². The van der Waals surface area contributed by atoms with Crippen molar-refractivity contribution < 1.29 is 9.53 Å². The molecule has 1 rings (SSSR count). The van der Waals surface area contributed by atoms with Gasteiger partial charge >= 0.3 is 0 Å². The molecule has 1 amide bonds. The second kappa shape index (κ2) is 6.67. The number of nitrogens with zero attached hydrogens (tertiary/aromatic N) is 1. The Morgan fingerprint density at radius 2 is 2.00 bits per heavy atom. The number of benzene rings is 1. The van der Waals surface area contributed by atoms with Crippen LogP contribution in [0.2, 0.25) is 0 Å². The van der Waals surface area contributed by atoms with Gasteiger partial charge in [-0.3, -0.25) is 4.79 Å². The first-order chi connectivity index (χ1) is 8.08. The van der Waals surface area contributed by atoms with Gasteiger partial charge in [-0.15, -0.1) is 11.8 Å². The summed E-state index contributed by atoms with van der Waals surface area (Å²) < 4.78 is 5.01. The highest BCUT2D eigenvalue weighted by Gasteiger charge is 2.16. The van der Waals surface area contributed by atoms with E-state index in [-0.39, 0.29) is 12.0 Å². The van der Waals surface area contributed by atoms with Gasteiger partial charge in [0.15, 0.2) is 0 Å². The van der Waals surface area contributed by atoms with Gasteiger partial charge in [0.2, 0.25) is 0 Å². The molecule has 1 aromatic carbocycles. The number of amides is 1. The first-order valence-electron chi connectivity index (χ1n) is 5.49. The van der Waals surface area contributed by atoms with E-state index in [1.165, 1.54) is 4.90 Å². The molecule has 0 fully saturated rings. The number of carbonyl (C=O) groups is 1. The van der Waals surface area contributed by atoms with Gasteiger partial charge in [-0.1, -0.05) is 12.1 Å². The van der Waals surface area contributed by atoms with Crippen LogP contribution in [-0.4, -0.2) is 37.3 Å². The second-order valence-electron chi connectivity index (χ2n) is 3.92. The van der Waals surface area contributed by atoms with Crippen LogP contribution in [0.5, 0.6) is 0 Å². The van der Waals surface area contributed by atoms with Crippen molar-refractivity contribution >= 4 is 17.7 Å². The number of hydrogen-bond donors (Lipinski definition) is 0. The Morgan fingerprint density at radius 1 is 1.41 bits per heavy atom. The lowest BCUT2D eigenvalue weighted by molar-refractivity contribution is -0.140. The van der Waals surface area contributed by atoms with Crippen LogP contribution in [0.4, 0.5) is 0 Å². The molecule has 17 heavy (non-hydrogen) atoms. The standard InChI is InChI=1S/C13H19NO2S/c1-10(16-3)13(15)14(2)9-11-5-7-12(17-4)8-6-11/h5-8,10H,9H2,1-4H3. The SMILES string of the molecule is COC(C)C(=O)N(C)Cc1ccc(SC)cc1. The first kappa shape index (κ1) is 14.1. The molecule has 3 nitrogen and oxygen atoms in total. The molecule has 1 atom stereocenters. The second-order valence-corrected chi connectivity index (χ2v) is 4.80. The zero-order valence-corrected chi connectivity index (χ0v) is 11.6. The van der Waals surface area contributed by atoms with Gasteiger partial charge in [-0.05, 0) is 30.9 Å². The molecule has 0 heterocycles. The number of carbonyl (C=O) groups excluding carboxylic acids is 1. The summed E-state index contributed by atoms with van der Waals surface area (Å²) in [5, 5.41) is 0. The van der Waals surface area contributed by atoms with Gasteiger partial charge in [0, 0.05) is 25.6 Å². The Balaban J connectivity index is 2.61. The molecule has 0 aliphatic rings. The number of methoxy groups -OCH3 is 1. The fourth-order valence-electron chi connectivity index (χ4n) is 1.49. The Hall–Kier alpha value is -1.00. The van der Waals surface area contributed by atoms with E-state index in [4.69, 9.17) is 4.74 Å². The summed E-state index contributed by atoms with van der Waals surface area (Å²) in [7, 11) is 3.34. The topological polar surface area (TPSA) is 29.5 Å². The van der Waals surface area contributed by atoms with Gasteiger partial charge < -0.3 is 9.64 Å². The average molecular weight is 253 g/mol. The summed E-state index contributed by atoms with van der Waals surface area (Å²) in [4.78, 5) is 14.7. The zero-order chi connectivity index (χ0) is 12.8. The third-order valence-corrected chi connectivity index (χ3v) is 3.40. The van der Waals surface area contributed by atoms with Crippen LogP contribution in [0.1, 0.15) is 12.5 Å². The quantitative estimate of drug-likeness (QED) is 0.755. The fraction of sp³-hybridized carbons (Fsp3) is 0.462. The van der Waals surface area contributed by atoms with E-state index in [2.05, 4.69) is 12.1 Å². The molecule has 0 saturated carbocycles. The monoisotopic (exact) mass is 253 g/mol. The lowest BCUT2D eigenvalue weighted by atomic mass is 10.2. The lowest BCUT2D eigenvalue weighted by Crippen LogP contribution is -2.35. The van der Waals surface area contributed by atoms with Gasteiger partial charge in [-0.2, -0.15) is 0 Å². The zero-order valence-electron chi connectivity index (χ0n) is 10.8. The van der Waals surface area contributed by atoms with Crippen molar-refractivity contribution in [2.24, 2.45) is 0 Å². The minimum Gasteiger partial charge on any atom is -0.372 e. The molecule has 0 aromatic heterocycles. The molecular formula is C13H19NO2S. The van der Waals surface area contributed by atoms with Crippen LogP contribution in [0.3, 0.4) is 0 Å². The molecule has 0 aliphatic heterocycles. The number of thioether (sulfide) groups is 1. The van der Waals surface area contributed by atoms with E-state index in [0.717, 1.165) is 5.56 Å². The number of hydrogen-bond acceptors (Lipinski definition) is 3. The summed E-state index contributed by atoms with van der Waals surface area (Å²) >= 11 is 1.71. The molecule has 4 heteroatoms. The molecule has 0 aliphatic carbocycles. The maximum absolute atomic E-state index is 11.8. The van der Waals surface area contributed by atoms with Crippen LogP contribution in [-0.2, 0) is 16.1 Å². The summed E-state index contributed by atoms with van der Waals surface area (Å²) in [5.41, 5.74) is 1.13. The Labute approximate surface area is 107 Å². The Morgan fingerprint density at radius 3 is 2.47 bits per heavy atom. The smallest absolute Gasteiger partial charge is 0.251 e. The van der Waals surface area contributed by atoms with Crippen LogP contribution in [0.25, 0.3) is 0 Å². The van der Waals surface area contributed by atoms with Crippen LogP contribution in [0.15, 0.2) is 29.2 Å². The maximum Gasteiger partial charge on any atom is 0.251 e. The summed E-state index contributed by atoms with van der Waals surface area (Å²) in [5.74, 6) is 0.00134. The number of rotatable bonds is 5. The van der Waals surface area contributed by atoms with Gasteiger partial charge in [-0.25, -0.2) is 0 Å². The van der Waals surface area contributed by atoms with Crippen molar-refractivity contribution in [1.29, 1.82) is 0 Å². The van der Waals surface area contributed by atoms with Crippen molar-refractivity contribution in [3.63, 3.8) is 0 Å². The van der Waals surface area contributed by atoms with Crippen molar-refractivity contribution in [2.75, 3.05) is 20.4 Å². The average Bonchev–Trinajstić information content (AvgIpc) is 2.37. The van der Waals surface area contributed by atoms with Crippen molar-refractivity contribution in [3.8, 4) is 0 Å². The molecule has 0 bridgehead atoms. The fourth-order valence-corrected chi connectivity index (χ4v) is 1.90. The Bertz CT molecular complexity index is 364. The van der Waals surface area contributed by atoms with E-state index in [9.17, 15) is 4.79 Å². The molecule has 0 spiro atoms. The van der Waals surface area contributed by atoms with Crippen molar-refractivity contribution in [2.45, 2.75) is 24.5 Å². The van der Waals surface area contributed by atoms with E-state index in [1.807, 2.05) is 18.4 Å². The molecule has 1 unspecified atom stereocenters. The molecule has 0 radical (unpaired) electrons. The minimum absolute atomic E-state index is 0.00134. The highest BCUT2D eigenvalue weighted by Crippen LogP contribution is 2.15. The van der Waals surface area contributed by atoms with Gasteiger partial charge in [0.05, 0.1) is 0 Å². The predicted molar refractivity (Wildman–Crippen MR) is 71.2 cm³/mol. The van der Waals surface area contributed by atoms with Crippen molar-refractivity contribution in [3.05, 3.63) is 29.8 Å². The van der Waals surface area contributed by atoms with Crippen molar-refractivity contribution in [1.82, 2.24) is 4.90 Å². The first-order valence-corrected chi connectivity index (χ1v) is 6.71. The van der Waals surface area contributed by atoms with Gasteiger partial charge in [0.1, 0.15) is 6.10 Å². The van der Waals surface area contributed by atoms with E-state index < -0.39 is 0 Å². The highest BCUT2D eigenvalue weighted by atomic mass is 32.2. The van der Waals surface area contributed by atoms with Crippen LogP contribution in [0, 0.1) is 0 Å². The normalized spacial score (nSPS) is 12.2.